The maximum atomic E-state index is 10.6. The Bertz CT molecular complexity index is 968. The van der Waals surface area contributed by atoms with E-state index >= 15 is 0 Å². The van der Waals surface area contributed by atoms with E-state index in [0.717, 1.165) is 73.2 Å². The van der Waals surface area contributed by atoms with Crippen molar-refractivity contribution in [1.82, 2.24) is 9.88 Å². The number of nitrogens with zero attached hydrogens (tertiary/aromatic N) is 2. The summed E-state index contributed by atoms with van der Waals surface area (Å²) >= 11 is 0. The third kappa shape index (κ3) is 4.35. The molecule has 1 saturated carbocycles. The summed E-state index contributed by atoms with van der Waals surface area (Å²) in [5, 5.41) is 4.80. The number of carbonyl (C=O) groups excluding carboxylic acids is 1. The Hall–Kier alpha value is -2.54. The number of benzene rings is 1. The molecule has 3 aliphatic rings. The van der Waals surface area contributed by atoms with Gasteiger partial charge in [-0.25, -0.2) is 0 Å². The van der Waals surface area contributed by atoms with E-state index in [1.807, 2.05) is 6.07 Å². The van der Waals surface area contributed by atoms with Gasteiger partial charge in [-0.1, -0.05) is 0 Å². The Morgan fingerprint density at radius 1 is 1.16 bits per heavy atom. The highest BCUT2D eigenvalue weighted by atomic mass is 16.5. The standard InChI is InChI=1S/C25H33N3O4/c1-30-23-14-20-22(15-24(23)31-11-5-10-28-8-2-3-9-28)27-21-7-4-6-19(21)25(20)26-17-12-18(13-17)32-16-29/h14-18H,2-13H2,1H3,(H,26,27). The average molecular weight is 440 g/mol. The number of hydrogen-bond donors (Lipinski definition) is 1. The maximum absolute atomic E-state index is 10.6. The molecule has 5 rings (SSSR count). The van der Waals surface area contributed by atoms with E-state index in [1.165, 1.54) is 37.2 Å². The van der Waals surface area contributed by atoms with E-state index in [9.17, 15) is 4.79 Å². The van der Waals surface area contributed by atoms with Crippen LogP contribution in [-0.4, -0.2) is 61.9 Å². The number of carbonyl (C=O) groups is 1. The Morgan fingerprint density at radius 2 is 2.00 bits per heavy atom. The summed E-state index contributed by atoms with van der Waals surface area (Å²) < 4.78 is 16.9. The van der Waals surface area contributed by atoms with Crippen LogP contribution in [-0.2, 0) is 22.4 Å². The Kier molecular flexibility index (Phi) is 6.35. The molecule has 1 aliphatic heterocycles. The monoisotopic (exact) mass is 439 g/mol. The van der Waals surface area contributed by atoms with Gasteiger partial charge in [-0.2, -0.15) is 0 Å². The van der Waals surface area contributed by atoms with Gasteiger partial charge in [-0.3, -0.25) is 9.78 Å². The topological polar surface area (TPSA) is 72.9 Å². The van der Waals surface area contributed by atoms with Crippen LogP contribution in [0.25, 0.3) is 10.9 Å². The molecule has 0 spiro atoms. The molecule has 7 nitrogen and oxygen atoms in total. The number of hydrogen-bond acceptors (Lipinski definition) is 7. The number of likely N-dealkylation sites (tertiary alicyclic amines) is 1. The van der Waals surface area contributed by atoms with Gasteiger partial charge in [0.2, 0.25) is 0 Å². The number of anilines is 1. The maximum Gasteiger partial charge on any atom is 0.293 e. The quantitative estimate of drug-likeness (QED) is 0.447. The zero-order valence-electron chi connectivity index (χ0n) is 18.9. The number of rotatable bonds is 10. The molecule has 2 heterocycles. The van der Waals surface area contributed by atoms with E-state index in [2.05, 4.69) is 16.3 Å². The molecule has 32 heavy (non-hydrogen) atoms. The molecule has 2 fully saturated rings. The zero-order valence-corrected chi connectivity index (χ0v) is 18.9. The second-order valence-electron chi connectivity index (χ2n) is 9.20. The molecule has 2 aliphatic carbocycles. The number of ether oxygens (including phenoxy) is 3. The summed E-state index contributed by atoms with van der Waals surface area (Å²) in [7, 11) is 1.69. The van der Waals surface area contributed by atoms with E-state index < -0.39 is 0 Å². The van der Waals surface area contributed by atoms with Crippen LogP contribution in [0.3, 0.4) is 0 Å². The highest BCUT2D eigenvalue weighted by Crippen LogP contribution is 2.41. The van der Waals surface area contributed by atoms with Gasteiger partial charge in [0.1, 0.15) is 6.10 Å². The molecule has 2 aromatic rings. The number of methoxy groups -OCH3 is 1. The van der Waals surface area contributed by atoms with Crippen LogP contribution in [0.4, 0.5) is 5.69 Å². The summed E-state index contributed by atoms with van der Waals surface area (Å²) in [5.41, 5.74) is 4.61. The van der Waals surface area contributed by atoms with Crippen LogP contribution >= 0.6 is 0 Å². The van der Waals surface area contributed by atoms with E-state index in [1.54, 1.807) is 7.11 Å². The first kappa shape index (κ1) is 21.3. The minimum atomic E-state index is 0.0289. The molecule has 1 saturated heterocycles. The minimum Gasteiger partial charge on any atom is -0.493 e. The highest BCUT2D eigenvalue weighted by Gasteiger charge is 2.32. The lowest BCUT2D eigenvalue weighted by atomic mass is 9.88. The van der Waals surface area contributed by atoms with Crippen molar-refractivity contribution in [3.63, 3.8) is 0 Å². The minimum absolute atomic E-state index is 0.0289. The van der Waals surface area contributed by atoms with Gasteiger partial charge in [-0.15, -0.1) is 0 Å². The van der Waals surface area contributed by atoms with Crippen molar-refractivity contribution in [2.75, 3.05) is 38.7 Å². The van der Waals surface area contributed by atoms with Crippen molar-refractivity contribution in [1.29, 1.82) is 0 Å². The molecule has 0 unspecified atom stereocenters. The van der Waals surface area contributed by atoms with Gasteiger partial charge in [0.15, 0.2) is 11.5 Å². The molecule has 0 bridgehead atoms. The molecular formula is C25H33N3O4. The number of aryl methyl sites for hydroxylation is 1. The van der Waals surface area contributed by atoms with Crippen molar-refractivity contribution < 1.29 is 19.0 Å². The van der Waals surface area contributed by atoms with Crippen molar-refractivity contribution in [3.05, 3.63) is 23.4 Å². The van der Waals surface area contributed by atoms with Gasteiger partial charge in [0.25, 0.3) is 6.47 Å². The van der Waals surface area contributed by atoms with Crippen LogP contribution in [0.5, 0.6) is 11.5 Å². The first-order chi connectivity index (χ1) is 15.7. The van der Waals surface area contributed by atoms with Crippen molar-refractivity contribution >= 4 is 23.1 Å². The first-order valence-corrected chi connectivity index (χ1v) is 12.0. The van der Waals surface area contributed by atoms with E-state index in [-0.39, 0.29) is 6.10 Å². The Morgan fingerprint density at radius 3 is 2.78 bits per heavy atom. The third-order valence-electron chi connectivity index (χ3n) is 7.06. The molecule has 1 aromatic carbocycles. The molecule has 172 valence electrons. The SMILES string of the molecule is COc1cc2c(NC3CC(OC=O)C3)c3c(nc2cc1OCCCN1CCCC1)CCC3. The fourth-order valence-corrected chi connectivity index (χ4v) is 5.26. The number of fused-ring (bicyclic) bond motifs is 2. The predicted molar refractivity (Wildman–Crippen MR) is 124 cm³/mol. The summed E-state index contributed by atoms with van der Waals surface area (Å²) in [4.78, 5) is 18.1. The zero-order chi connectivity index (χ0) is 21.9. The smallest absolute Gasteiger partial charge is 0.293 e. The number of nitrogens with one attached hydrogen (secondary N) is 1. The molecule has 0 amide bonds. The Balaban J connectivity index is 1.35. The average Bonchev–Trinajstić information content (AvgIpc) is 3.46. The summed E-state index contributed by atoms with van der Waals surface area (Å²) in [6.07, 6.45) is 8.54. The van der Waals surface area contributed by atoms with Gasteiger partial charge in [0, 0.05) is 48.3 Å². The fraction of sp³-hybridized carbons (Fsp3) is 0.600. The van der Waals surface area contributed by atoms with Gasteiger partial charge in [-0.05, 0) is 63.2 Å². The van der Waals surface area contributed by atoms with Crippen LogP contribution in [0.1, 0.15) is 49.8 Å². The van der Waals surface area contributed by atoms with Crippen molar-refractivity contribution in [3.8, 4) is 11.5 Å². The van der Waals surface area contributed by atoms with Crippen LogP contribution < -0.4 is 14.8 Å². The van der Waals surface area contributed by atoms with Gasteiger partial charge < -0.3 is 24.4 Å². The molecule has 1 N–H and O–H groups in total. The van der Waals surface area contributed by atoms with Crippen molar-refractivity contribution in [2.45, 2.75) is 63.5 Å². The van der Waals surface area contributed by atoms with Crippen LogP contribution in [0.2, 0.25) is 0 Å². The number of aromatic nitrogens is 1. The fourth-order valence-electron chi connectivity index (χ4n) is 5.26. The first-order valence-electron chi connectivity index (χ1n) is 12.0. The second-order valence-corrected chi connectivity index (χ2v) is 9.20. The summed E-state index contributed by atoms with van der Waals surface area (Å²) in [6.45, 7) is 4.75. The van der Waals surface area contributed by atoms with E-state index in [0.29, 0.717) is 19.1 Å². The molecule has 1 aromatic heterocycles. The molecule has 0 atom stereocenters. The predicted octanol–water partition coefficient (Wildman–Crippen LogP) is 3.71. The van der Waals surface area contributed by atoms with Crippen LogP contribution in [0.15, 0.2) is 12.1 Å². The van der Waals surface area contributed by atoms with E-state index in [4.69, 9.17) is 19.2 Å². The van der Waals surface area contributed by atoms with Gasteiger partial charge in [0.05, 0.1) is 19.2 Å². The third-order valence-corrected chi connectivity index (χ3v) is 7.06. The summed E-state index contributed by atoms with van der Waals surface area (Å²) in [5.74, 6) is 1.51. The second kappa shape index (κ2) is 9.53. The Labute approximate surface area is 189 Å². The lowest BCUT2D eigenvalue weighted by Crippen LogP contribution is -2.40. The highest BCUT2D eigenvalue weighted by molar-refractivity contribution is 5.96. The van der Waals surface area contributed by atoms with Crippen molar-refractivity contribution in [2.24, 2.45) is 0 Å². The summed E-state index contributed by atoms with van der Waals surface area (Å²) in [6, 6.07) is 4.41. The van der Waals surface area contributed by atoms with Gasteiger partial charge >= 0.3 is 0 Å². The van der Waals surface area contributed by atoms with Crippen LogP contribution in [0, 0.1) is 0 Å². The molecule has 0 radical (unpaired) electrons. The normalized spacial score (nSPS) is 22.4. The largest absolute Gasteiger partial charge is 0.493 e. The molecular weight excluding hydrogens is 406 g/mol. The lowest BCUT2D eigenvalue weighted by Gasteiger charge is -2.35. The number of pyridine rings is 1. The molecule has 7 heteroatoms. The lowest BCUT2D eigenvalue weighted by molar-refractivity contribution is -0.137.